The van der Waals surface area contributed by atoms with Crippen molar-refractivity contribution in [3.8, 4) is 11.5 Å². The molecule has 0 radical (unpaired) electrons. The highest BCUT2D eigenvalue weighted by atomic mass is 32.2. The molecule has 0 aliphatic heterocycles. The second-order valence-electron chi connectivity index (χ2n) is 6.41. The van der Waals surface area contributed by atoms with Gasteiger partial charge < -0.3 is 14.8 Å². The SMILES string of the molecule is COc1ccc(OC)c([C@H](C)NC(=O)[C@@H](C)N(c2ccccc2)S(C)(=O)=O)c1. The minimum atomic E-state index is -3.66. The Kier molecular flexibility index (Phi) is 6.90. The summed E-state index contributed by atoms with van der Waals surface area (Å²) in [6.45, 7) is 3.36. The van der Waals surface area contributed by atoms with Crippen LogP contribution in [-0.4, -0.2) is 40.8 Å². The van der Waals surface area contributed by atoms with Gasteiger partial charge in [-0.2, -0.15) is 0 Å². The van der Waals surface area contributed by atoms with Gasteiger partial charge in [0.1, 0.15) is 17.5 Å². The van der Waals surface area contributed by atoms with Gasteiger partial charge in [-0.25, -0.2) is 8.42 Å². The number of sulfonamides is 1. The van der Waals surface area contributed by atoms with Crippen molar-refractivity contribution < 1.29 is 22.7 Å². The largest absolute Gasteiger partial charge is 0.497 e. The van der Waals surface area contributed by atoms with Crippen LogP contribution in [0, 0.1) is 0 Å². The molecule has 28 heavy (non-hydrogen) atoms. The minimum Gasteiger partial charge on any atom is -0.497 e. The smallest absolute Gasteiger partial charge is 0.244 e. The second-order valence-corrected chi connectivity index (χ2v) is 8.27. The van der Waals surface area contributed by atoms with E-state index in [1.54, 1.807) is 76.6 Å². The summed E-state index contributed by atoms with van der Waals surface area (Å²) in [4.78, 5) is 12.9. The van der Waals surface area contributed by atoms with Crippen LogP contribution in [0.5, 0.6) is 11.5 Å². The normalized spacial score (nSPS) is 13.3. The molecule has 8 heteroatoms. The Morgan fingerprint density at radius 3 is 2.21 bits per heavy atom. The highest BCUT2D eigenvalue weighted by molar-refractivity contribution is 7.92. The Morgan fingerprint density at radius 2 is 1.68 bits per heavy atom. The maximum absolute atomic E-state index is 12.9. The summed E-state index contributed by atoms with van der Waals surface area (Å²) in [6.07, 6.45) is 1.08. The molecule has 2 rings (SSSR count). The van der Waals surface area contributed by atoms with Gasteiger partial charge in [0, 0.05) is 5.56 Å². The molecule has 0 aliphatic carbocycles. The summed E-state index contributed by atoms with van der Waals surface area (Å²) in [7, 11) is -0.557. The first-order chi connectivity index (χ1) is 13.2. The molecular weight excluding hydrogens is 380 g/mol. The number of para-hydroxylation sites is 1. The first kappa shape index (κ1) is 21.6. The van der Waals surface area contributed by atoms with Crippen LogP contribution < -0.4 is 19.1 Å². The van der Waals surface area contributed by atoms with E-state index in [-0.39, 0.29) is 0 Å². The molecule has 0 saturated carbocycles. The standard InChI is InChI=1S/C20H26N2O5S/c1-14(18-13-17(26-3)11-12-19(18)27-4)21-20(23)15(2)22(28(5,24)25)16-9-7-6-8-10-16/h6-15H,1-5H3,(H,21,23)/t14-,15+/m0/s1. The maximum Gasteiger partial charge on any atom is 0.244 e. The summed E-state index contributed by atoms with van der Waals surface area (Å²) in [5.74, 6) is 0.808. The number of carbonyl (C=O) groups is 1. The van der Waals surface area contributed by atoms with Gasteiger partial charge in [-0.05, 0) is 44.2 Å². The van der Waals surface area contributed by atoms with Crippen molar-refractivity contribution in [3.05, 3.63) is 54.1 Å². The van der Waals surface area contributed by atoms with Gasteiger partial charge in [0.15, 0.2) is 0 Å². The lowest BCUT2D eigenvalue weighted by atomic mass is 10.1. The molecule has 0 saturated heterocycles. The fraction of sp³-hybridized carbons (Fsp3) is 0.350. The van der Waals surface area contributed by atoms with Crippen LogP contribution in [0.1, 0.15) is 25.5 Å². The summed E-state index contributed by atoms with van der Waals surface area (Å²) in [6, 6.07) is 12.5. The van der Waals surface area contributed by atoms with Crippen LogP contribution in [0.4, 0.5) is 5.69 Å². The number of anilines is 1. The molecule has 0 fully saturated rings. The van der Waals surface area contributed by atoms with E-state index in [1.165, 1.54) is 0 Å². The first-order valence-corrected chi connectivity index (χ1v) is 10.6. The number of rotatable bonds is 8. The Labute approximate surface area is 166 Å². The molecule has 2 atom stereocenters. The summed E-state index contributed by atoms with van der Waals surface area (Å²) in [5.41, 5.74) is 1.16. The van der Waals surface area contributed by atoms with E-state index < -0.39 is 28.0 Å². The zero-order valence-corrected chi connectivity index (χ0v) is 17.5. The number of benzene rings is 2. The Hall–Kier alpha value is -2.74. The Morgan fingerprint density at radius 1 is 1.04 bits per heavy atom. The van der Waals surface area contributed by atoms with Crippen LogP contribution in [0.15, 0.2) is 48.5 Å². The molecule has 152 valence electrons. The summed E-state index contributed by atoms with van der Waals surface area (Å²) >= 11 is 0. The lowest BCUT2D eigenvalue weighted by Crippen LogP contribution is -2.48. The molecule has 0 unspecified atom stereocenters. The summed E-state index contributed by atoms with van der Waals surface area (Å²) < 4.78 is 36.4. The number of hydrogen-bond donors (Lipinski definition) is 1. The molecule has 0 bridgehead atoms. The van der Waals surface area contributed by atoms with E-state index in [2.05, 4.69) is 5.32 Å². The molecule has 0 aliphatic rings. The fourth-order valence-electron chi connectivity index (χ4n) is 2.97. The average molecular weight is 407 g/mol. The van der Waals surface area contributed by atoms with Crippen LogP contribution in [0.3, 0.4) is 0 Å². The topological polar surface area (TPSA) is 84.9 Å². The maximum atomic E-state index is 12.9. The minimum absolute atomic E-state index is 0.419. The number of carbonyl (C=O) groups excluding carboxylic acids is 1. The monoisotopic (exact) mass is 406 g/mol. The van der Waals surface area contributed by atoms with E-state index in [0.29, 0.717) is 17.2 Å². The number of nitrogens with zero attached hydrogens (tertiary/aromatic N) is 1. The molecule has 1 amide bonds. The van der Waals surface area contributed by atoms with Crippen molar-refractivity contribution >= 4 is 21.6 Å². The molecule has 0 spiro atoms. The molecule has 2 aromatic carbocycles. The number of amides is 1. The van der Waals surface area contributed by atoms with E-state index in [4.69, 9.17) is 9.47 Å². The van der Waals surface area contributed by atoms with E-state index in [9.17, 15) is 13.2 Å². The van der Waals surface area contributed by atoms with Crippen molar-refractivity contribution in [1.29, 1.82) is 0 Å². The molecule has 1 N–H and O–H groups in total. The molecule has 7 nitrogen and oxygen atoms in total. The Bertz CT molecular complexity index is 915. The highest BCUT2D eigenvalue weighted by Gasteiger charge is 2.30. The van der Waals surface area contributed by atoms with Crippen LogP contribution in [0.25, 0.3) is 0 Å². The number of nitrogens with one attached hydrogen (secondary N) is 1. The van der Waals surface area contributed by atoms with Gasteiger partial charge in [-0.1, -0.05) is 18.2 Å². The fourth-order valence-corrected chi connectivity index (χ4v) is 4.15. The van der Waals surface area contributed by atoms with Gasteiger partial charge in [-0.15, -0.1) is 0 Å². The van der Waals surface area contributed by atoms with E-state index in [1.807, 2.05) is 0 Å². The summed E-state index contributed by atoms with van der Waals surface area (Å²) in [5, 5.41) is 2.86. The zero-order valence-electron chi connectivity index (χ0n) is 16.7. The van der Waals surface area contributed by atoms with E-state index in [0.717, 1.165) is 16.1 Å². The predicted octanol–water partition coefficient (Wildman–Crippen LogP) is 2.74. The third-order valence-corrected chi connectivity index (χ3v) is 5.60. The average Bonchev–Trinajstić information content (AvgIpc) is 2.67. The second kappa shape index (κ2) is 8.97. The number of hydrogen-bond acceptors (Lipinski definition) is 5. The highest BCUT2D eigenvalue weighted by Crippen LogP contribution is 2.29. The molecule has 0 aromatic heterocycles. The molecular formula is C20H26N2O5S. The van der Waals surface area contributed by atoms with Crippen molar-refractivity contribution in [1.82, 2.24) is 5.32 Å². The number of methoxy groups -OCH3 is 2. The zero-order chi connectivity index (χ0) is 20.9. The Balaban J connectivity index is 2.27. The van der Waals surface area contributed by atoms with Gasteiger partial charge in [-0.3, -0.25) is 9.10 Å². The van der Waals surface area contributed by atoms with Gasteiger partial charge in [0.05, 0.1) is 32.2 Å². The van der Waals surface area contributed by atoms with Crippen molar-refractivity contribution in [2.45, 2.75) is 25.9 Å². The predicted molar refractivity (Wildman–Crippen MR) is 109 cm³/mol. The first-order valence-electron chi connectivity index (χ1n) is 8.75. The van der Waals surface area contributed by atoms with Crippen LogP contribution in [0.2, 0.25) is 0 Å². The number of ether oxygens (including phenoxy) is 2. The van der Waals surface area contributed by atoms with Crippen molar-refractivity contribution in [3.63, 3.8) is 0 Å². The third kappa shape index (κ3) is 4.95. The molecule has 0 heterocycles. The lowest BCUT2D eigenvalue weighted by molar-refractivity contribution is -0.122. The van der Waals surface area contributed by atoms with Gasteiger partial charge >= 0.3 is 0 Å². The molecule has 2 aromatic rings. The van der Waals surface area contributed by atoms with Gasteiger partial charge in [0.25, 0.3) is 0 Å². The third-order valence-electron chi connectivity index (χ3n) is 4.36. The van der Waals surface area contributed by atoms with Crippen molar-refractivity contribution in [2.75, 3.05) is 24.8 Å². The van der Waals surface area contributed by atoms with Gasteiger partial charge in [0.2, 0.25) is 15.9 Å². The quantitative estimate of drug-likeness (QED) is 0.729. The lowest BCUT2D eigenvalue weighted by Gasteiger charge is -2.29. The van der Waals surface area contributed by atoms with Crippen LogP contribution >= 0.6 is 0 Å². The van der Waals surface area contributed by atoms with E-state index >= 15 is 0 Å². The van der Waals surface area contributed by atoms with Crippen molar-refractivity contribution in [2.24, 2.45) is 0 Å². The van der Waals surface area contributed by atoms with Crippen LogP contribution in [-0.2, 0) is 14.8 Å².